The molecular weight excluding hydrogens is 338 g/mol. The van der Waals surface area contributed by atoms with E-state index in [1.807, 2.05) is 29.2 Å². The number of ether oxygens (including phenoxy) is 1. The van der Waals surface area contributed by atoms with E-state index in [2.05, 4.69) is 41.1 Å². The largest absolute Gasteiger partial charge is 0.497 e. The van der Waals surface area contributed by atoms with Crippen LogP contribution >= 0.6 is 0 Å². The minimum Gasteiger partial charge on any atom is -0.497 e. The fourth-order valence-electron chi connectivity index (χ4n) is 3.50. The number of rotatable bonds is 3. The molecular formula is C22H23N3O2. The fourth-order valence-corrected chi connectivity index (χ4v) is 3.50. The van der Waals surface area contributed by atoms with Gasteiger partial charge in [-0.1, -0.05) is 18.2 Å². The molecule has 138 valence electrons. The number of fused-ring (bicyclic) bond motifs is 1. The van der Waals surface area contributed by atoms with Crippen molar-refractivity contribution in [2.24, 2.45) is 0 Å². The van der Waals surface area contributed by atoms with E-state index in [1.165, 1.54) is 11.3 Å². The molecule has 1 aliphatic heterocycles. The normalized spacial score (nSPS) is 14.4. The molecule has 0 bridgehead atoms. The molecule has 1 fully saturated rings. The summed E-state index contributed by atoms with van der Waals surface area (Å²) in [5, 5.41) is 0.968. The van der Waals surface area contributed by atoms with Gasteiger partial charge in [-0.2, -0.15) is 0 Å². The van der Waals surface area contributed by atoms with Crippen LogP contribution in [0.3, 0.4) is 0 Å². The summed E-state index contributed by atoms with van der Waals surface area (Å²) in [5.74, 6) is 0.784. The van der Waals surface area contributed by atoms with Crippen LogP contribution in [0.1, 0.15) is 16.1 Å². The van der Waals surface area contributed by atoms with Crippen LogP contribution in [0, 0.1) is 6.92 Å². The third-order valence-corrected chi connectivity index (χ3v) is 5.05. The molecule has 0 unspecified atom stereocenters. The number of anilines is 1. The Bertz CT molecular complexity index is 978. The van der Waals surface area contributed by atoms with Crippen molar-refractivity contribution in [3.05, 3.63) is 65.9 Å². The summed E-state index contributed by atoms with van der Waals surface area (Å²) in [4.78, 5) is 21.7. The number of benzene rings is 2. The quantitative estimate of drug-likeness (QED) is 0.716. The van der Waals surface area contributed by atoms with E-state index in [0.717, 1.165) is 29.7 Å². The first-order chi connectivity index (χ1) is 13.1. The average Bonchev–Trinajstić information content (AvgIpc) is 2.72. The number of pyridine rings is 1. The lowest BCUT2D eigenvalue weighted by molar-refractivity contribution is 0.0741. The van der Waals surface area contributed by atoms with Gasteiger partial charge in [0.25, 0.3) is 5.91 Å². The van der Waals surface area contributed by atoms with Gasteiger partial charge < -0.3 is 14.5 Å². The SMILES string of the molecule is COc1ccc2nc(C(=O)N3CCN(c4cccc(C)c4)CC3)ccc2c1. The van der Waals surface area contributed by atoms with Crippen LogP contribution in [-0.4, -0.2) is 49.1 Å². The van der Waals surface area contributed by atoms with E-state index in [1.54, 1.807) is 13.2 Å². The van der Waals surface area contributed by atoms with Crippen LogP contribution in [-0.2, 0) is 0 Å². The molecule has 5 nitrogen and oxygen atoms in total. The predicted octanol–water partition coefficient (Wildman–Crippen LogP) is 3.51. The molecule has 3 aromatic rings. The number of aryl methyl sites for hydroxylation is 1. The first-order valence-corrected chi connectivity index (χ1v) is 9.20. The summed E-state index contributed by atoms with van der Waals surface area (Å²) in [6.07, 6.45) is 0. The number of aromatic nitrogens is 1. The third-order valence-electron chi connectivity index (χ3n) is 5.05. The highest BCUT2D eigenvalue weighted by atomic mass is 16.5. The number of methoxy groups -OCH3 is 1. The highest BCUT2D eigenvalue weighted by molar-refractivity contribution is 5.95. The maximum Gasteiger partial charge on any atom is 0.272 e. The number of carbonyl (C=O) groups is 1. The minimum absolute atomic E-state index is 0.00314. The Morgan fingerprint density at radius 3 is 2.56 bits per heavy atom. The second-order valence-electron chi connectivity index (χ2n) is 6.87. The third kappa shape index (κ3) is 3.58. The predicted molar refractivity (Wildman–Crippen MR) is 108 cm³/mol. The Balaban J connectivity index is 1.47. The van der Waals surface area contributed by atoms with Gasteiger partial charge in [-0.05, 0) is 48.9 Å². The number of hydrogen-bond donors (Lipinski definition) is 0. The molecule has 5 heteroatoms. The zero-order chi connectivity index (χ0) is 18.8. The molecule has 0 saturated carbocycles. The van der Waals surface area contributed by atoms with Gasteiger partial charge in [0.05, 0.1) is 12.6 Å². The molecule has 0 aliphatic carbocycles. The van der Waals surface area contributed by atoms with E-state index in [-0.39, 0.29) is 5.91 Å². The number of nitrogens with zero attached hydrogens (tertiary/aromatic N) is 3. The Labute approximate surface area is 159 Å². The summed E-state index contributed by atoms with van der Waals surface area (Å²) >= 11 is 0. The van der Waals surface area contributed by atoms with Gasteiger partial charge in [0.2, 0.25) is 0 Å². The van der Waals surface area contributed by atoms with E-state index in [9.17, 15) is 4.79 Å². The Morgan fingerprint density at radius 2 is 1.81 bits per heavy atom. The zero-order valence-electron chi connectivity index (χ0n) is 15.7. The fraction of sp³-hybridized carbons (Fsp3) is 0.273. The highest BCUT2D eigenvalue weighted by Crippen LogP contribution is 2.21. The van der Waals surface area contributed by atoms with Gasteiger partial charge in [-0.15, -0.1) is 0 Å². The molecule has 0 radical (unpaired) electrons. The summed E-state index contributed by atoms with van der Waals surface area (Å²) in [5.41, 5.74) is 3.78. The molecule has 1 aromatic heterocycles. The van der Waals surface area contributed by atoms with E-state index >= 15 is 0 Å². The lowest BCUT2D eigenvalue weighted by Crippen LogP contribution is -2.49. The molecule has 0 atom stereocenters. The first-order valence-electron chi connectivity index (χ1n) is 9.20. The van der Waals surface area contributed by atoms with Gasteiger partial charge in [-0.25, -0.2) is 4.98 Å². The monoisotopic (exact) mass is 361 g/mol. The van der Waals surface area contributed by atoms with Crippen molar-refractivity contribution in [1.29, 1.82) is 0 Å². The summed E-state index contributed by atoms with van der Waals surface area (Å²) in [6.45, 7) is 5.18. The van der Waals surface area contributed by atoms with E-state index in [0.29, 0.717) is 18.8 Å². The lowest BCUT2D eigenvalue weighted by atomic mass is 10.1. The van der Waals surface area contributed by atoms with Crippen molar-refractivity contribution < 1.29 is 9.53 Å². The van der Waals surface area contributed by atoms with Crippen molar-refractivity contribution in [2.75, 3.05) is 38.2 Å². The average molecular weight is 361 g/mol. The van der Waals surface area contributed by atoms with Crippen molar-refractivity contribution in [3.8, 4) is 5.75 Å². The number of carbonyl (C=O) groups excluding carboxylic acids is 1. The molecule has 4 rings (SSSR count). The van der Waals surface area contributed by atoms with Crippen LogP contribution in [0.15, 0.2) is 54.6 Å². The van der Waals surface area contributed by atoms with E-state index in [4.69, 9.17) is 4.74 Å². The number of hydrogen-bond acceptors (Lipinski definition) is 4. The minimum atomic E-state index is -0.00314. The molecule has 0 spiro atoms. The second kappa shape index (κ2) is 7.27. The zero-order valence-corrected chi connectivity index (χ0v) is 15.7. The summed E-state index contributed by atoms with van der Waals surface area (Å²) < 4.78 is 5.24. The Morgan fingerprint density at radius 1 is 1.00 bits per heavy atom. The number of amides is 1. The molecule has 1 amide bonds. The van der Waals surface area contributed by atoms with Gasteiger partial charge in [-0.3, -0.25) is 4.79 Å². The molecule has 2 aromatic carbocycles. The van der Waals surface area contributed by atoms with Crippen LogP contribution < -0.4 is 9.64 Å². The maximum atomic E-state index is 12.9. The standard InChI is InChI=1S/C22H23N3O2/c1-16-4-3-5-18(14-16)24-10-12-25(13-11-24)22(26)21-8-6-17-15-19(27-2)7-9-20(17)23-21/h3-9,14-15H,10-13H2,1-2H3. The van der Waals surface area contributed by atoms with Gasteiger partial charge in [0.1, 0.15) is 11.4 Å². The van der Waals surface area contributed by atoms with Crippen LogP contribution in [0.5, 0.6) is 5.75 Å². The molecule has 0 N–H and O–H groups in total. The van der Waals surface area contributed by atoms with Gasteiger partial charge >= 0.3 is 0 Å². The molecule has 1 saturated heterocycles. The van der Waals surface area contributed by atoms with Crippen LogP contribution in [0.2, 0.25) is 0 Å². The van der Waals surface area contributed by atoms with E-state index < -0.39 is 0 Å². The molecule has 1 aliphatic rings. The smallest absolute Gasteiger partial charge is 0.272 e. The van der Waals surface area contributed by atoms with Crippen molar-refractivity contribution >= 4 is 22.5 Å². The Hall–Kier alpha value is -3.08. The maximum absolute atomic E-state index is 12.9. The van der Waals surface area contributed by atoms with Gasteiger partial charge in [0.15, 0.2) is 0 Å². The molecule has 27 heavy (non-hydrogen) atoms. The summed E-state index contributed by atoms with van der Waals surface area (Å²) in [7, 11) is 1.64. The van der Waals surface area contributed by atoms with Crippen molar-refractivity contribution in [2.45, 2.75) is 6.92 Å². The topological polar surface area (TPSA) is 45.7 Å². The summed E-state index contributed by atoms with van der Waals surface area (Å²) in [6, 6.07) is 17.9. The van der Waals surface area contributed by atoms with Crippen LogP contribution in [0.25, 0.3) is 10.9 Å². The highest BCUT2D eigenvalue weighted by Gasteiger charge is 2.23. The van der Waals surface area contributed by atoms with Crippen LogP contribution in [0.4, 0.5) is 5.69 Å². The Kier molecular flexibility index (Phi) is 4.67. The number of piperazine rings is 1. The van der Waals surface area contributed by atoms with Crippen molar-refractivity contribution in [3.63, 3.8) is 0 Å². The lowest BCUT2D eigenvalue weighted by Gasteiger charge is -2.36. The molecule has 2 heterocycles. The van der Waals surface area contributed by atoms with Crippen molar-refractivity contribution in [1.82, 2.24) is 9.88 Å². The second-order valence-corrected chi connectivity index (χ2v) is 6.87. The van der Waals surface area contributed by atoms with Gasteiger partial charge in [0, 0.05) is 37.3 Å². The first kappa shape index (κ1) is 17.3.